The van der Waals surface area contributed by atoms with Crippen LogP contribution >= 0.6 is 0 Å². The Hall–Kier alpha value is -4.47. The lowest BCUT2D eigenvalue weighted by Gasteiger charge is -2.36. The van der Waals surface area contributed by atoms with Crippen molar-refractivity contribution in [2.75, 3.05) is 25.6 Å². The van der Waals surface area contributed by atoms with Gasteiger partial charge in [-0.05, 0) is 87.8 Å². The number of nitrogens with one attached hydrogen (secondary N) is 1. The molecule has 1 aliphatic rings. The SMILES string of the molecule is C=CC(=O)OCC(C)(C)C(=O)C(=O)N1CCCC[C@H]1C(=O)O[C@H](CCc1ccc(C)c(OC)c1)c1cccc(NC(=O)CC)c1. The van der Waals surface area contributed by atoms with Gasteiger partial charge in [-0.2, -0.15) is 0 Å². The molecule has 3 rings (SSSR count). The van der Waals surface area contributed by atoms with E-state index in [1.54, 1.807) is 32.2 Å². The zero-order chi connectivity index (χ0) is 33.1. The Morgan fingerprint density at radius 2 is 1.87 bits per heavy atom. The maximum Gasteiger partial charge on any atom is 0.330 e. The van der Waals surface area contributed by atoms with Gasteiger partial charge in [-0.25, -0.2) is 9.59 Å². The van der Waals surface area contributed by atoms with Crippen LogP contribution in [0, 0.1) is 12.3 Å². The highest BCUT2D eigenvalue weighted by Crippen LogP contribution is 2.30. The molecule has 1 saturated heterocycles. The number of methoxy groups -OCH3 is 1. The van der Waals surface area contributed by atoms with Crippen molar-refractivity contribution < 1.29 is 38.2 Å². The van der Waals surface area contributed by atoms with E-state index in [2.05, 4.69) is 11.9 Å². The van der Waals surface area contributed by atoms with Crippen LogP contribution < -0.4 is 10.1 Å². The van der Waals surface area contributed by atoms with Crippen LogP contribution in [0.4, 0.5) is 5.69 Å². The fraction of sp³-hybridized carbons (Fsp3) is 0.457. The lowest BCUT2D eigenvalue weighted by Crippen LogP contribution is -2.53. The normalized spacial score (nSPS) is 15.4. The van der Waals surface area contributed by atoms with E-state index in [1.807, 2.05) is 31.2 Å². The quantitative estimate of drug-likeness (QED) is 0.172. The summed E-state index contributed by atoms with van der Waals surface area (Å²) >= 11 is 0. The Bertz CT molecular complexity index is 1420. The number of likely N-dealkylation sites (tertiary alicyclic amines) is 1. The van der Waals surface area contributed by atoms with Crippen molar-refractivity contribution in [2.45, 2.75) is 78.4 Å². The molecule has 2 aromatic carbocycles. The molecule has 0 saturated carbocycles. The van der Waals surface area contributed by atoms with E-state index < -0.39 is 41.2 Å². The van der Waals surface area contributed by atoms with Crippen LogP contribution in [0.5, 0.6) is 5.75 Å². The Morgan fingerprint density at radius 3 is 2.56 bits per heavy atom. The number of carbonyl (C=O) groups excluding carboxylic acids is 5. The summed E-state index contributed by atoms with van der Waals surface area (Å²) in [6.07, 6.45) is 3.24. The minimum atomic E-state index is -1.30. The number of benzene rings is 2. The molecule has 45 heavy (non-hydrogen) atoms. The number of anilines is 1. The highest BCUT2D eigenvalue weighted by Gasteiger charge is 2.42. The summed E-state index contributed by atoms with van der Waals surface area (Å²) in [7, 11) is 1.61. The van der Waals surface area contributed by atoms with E-state index in [-0.39, 0.29) is 19.1 Å². The van der Waals surface area contributed by atoms with Gasteiger partial charge in [-0.3, -0.25) is 14.4 Å². The van der Waals surface area contributed by atoms with E-state index in [1.165, 1.54) is 18.7 Å². The van der Waals surface area contributed by atoms with Gasteiger partial charge in [0, 0.05) is 24.7 Å². The largest absolute Gasteiger partial charge is 0.496 e. The second-order valence-electron chi connectivity index (χ2n) is 11.8. The number of amides is 2. The first-order valence-electron chi connectivity index (χ1n) is 15.3. The summed E-state index contributed by atoms with van der Waals surface area (Å²) in [5, 5.41) is 2.85. The molecule has 0 aliphatic carbocycles. The summed E-state index contributed by atoms with van der Waals surface area (Å²) < 4.78 is 16.7. The molecule has 1 fully saturated rings. The molecule has 1 N–H and O–H groups in total. The third kappa shape index (κ3) is 9.51. The minimum absolute atomic E-state index is 0.143. The van der Waals surface area contributed by atoms with Crippen molar-refractivity contribution >= 4 is 35.2 Å². The number of aryl methyl sites for hydroxylation is 2. The predicted molar refractivity (Wildman–Crippen MR) is 170 cm³/mol. The van der Waals surface area contributed by atoms with Crippen LogP contribution in [0.15, 0.2) is 55.1 Å². The molecule has 10 nitrogen and oxygen atoms in total. The predicted octanol–water partition coefficient (Wildman–Crippen LogP) is 5.27. The molecule has 0 aromatic heterocycles. The van der Waals surface area contributed by atoms with Gasteiger partial charge in [0.1, 0.15) is 24.5 Å². The van der Waals surface area contributed by atoms with Crippen LogP contribution in [0.2, 0.25) is 0 Å². The second kappa shape index (κ2) is 16.0. The molecule has 0 spiro atoms. The first kappa shape index (κ1) is 35.0. The number of Topliss-reactive ketones (excluding diaryl/α,β-unsaturated/α-hetero) is 1. The average Bonchev–Trinajstić information content (AvgIpc) is 3.05. The number of nitrogens with zero attached hydrogens (tertiary/aromatic N) is 1. The van der Waals surface area contributed by atoms with Crippen molar-refractivity contribution in [3.8, 4) is 5.75 Å². The molecule has 1 heterocycles. The zero-order valence-corrected chi connectivity index (χ0v) is 26.9. The number of carbonyl (C=O) groups is 5. The van der Waals surface area contributed by atoms with E-state index in [0.29, 0.717) is 49.8 Å². The highest BCUT2D eigenvalue weighted by atomic mass is 16.5. The lowest BCUT2D eigenvalue weighted by atomic mass is 9.87. The van der Waals surface area contributed by atoms with Crippen molar-refractivity contribution in [1.82, 2.24) is 4.90 Å². The van der Waals surface area contributed by atoms with Crippen LogP contribution in [-0.4, -0.2) is 60.7 Å². The number of esters is 2. The highest BCUT2D eigenvalue weighted by molar-refractivity contribution is 6.38. The van der Waals surface area contributed by atoms with Gasteiger partial charge in [0.15, 0.2) is 0 Å². The molecule has 0 unspecified atom stereocenters. The topological polar surface area (TPSA) is 128 Å². The number of piperidine rings is 1. The standard InChI is InChI=1S/C35H44N2O8/c1-7-30(38)36-26-13-11-12-25(21-26)28(18-17-24-16-15-23(3)29(20-24)43-6)45-34(42)27-14-9-10-19-37(27)33(41)32(40)35(4,5)22-44-31(39)8-2/h8,11-13,15-16,20-21,27-28H,2,7,9-10,14,17-19,22H2,1,3-6H3,(H,36,38)/t27-,28+/m0/s1. The Labute approximate surface area is 265 Å². The van der Waals surface area contributed by atoms with Crippen molar-refractivity contribution in [3.05, 3.63) is 71.8 Å². The summed E-state index contributed by atoms with van der Waals surface area (Å²) in [4.78, 5) is 65.4. The van der Waals surface area contributed by atoms with Crippen LogP contribution in [0.3, 0.4) is 0 Å². The van der Waals surface area contributed by atoms with Crippen LogP contribution in [0.1, 0.15) is 75.7 Å². The number of rotatable bonds is 14. The number of hydrogen-bond donors (Lipinski definition) is 1. The van der Waals surface area contributed by atoms with Gasteiger partial charge in [0.25, 0.3) is 5.91 Å². The first-order chi connectivity index (χ1) is 21.4. The molecule has 0 radical (unpaired) electrons. The fourth-order valence-corrected chi connectivity index (χ4v) is 5.11. The van der Waals surface area contributed by atoms with Gasteiger partial charge >= 0.3 is 11.9 Å². The van der Waals surface area contributed by atoms with E-state index in [9.17, 15) is 24.0 Å². The average molecular weight is 621 g/mol. The number of hydrogen-bond acceptors (Lipinski definition) is 8. The molecular weight excluding hydrogens is 576 g/mol. The molecule has 0 bridgehead atoms. The molecule has 242 valence electrons. The van der Waals surface area contributed by atoms with Crippen molar-refractivity contribution in [2.24, 2.45) is 5.41 Å². The molecular formula is C35H44N2O8. The van der Waals surface area contributed by atoms with Gasteiger partial charge in [0.2, 0.25) is 11.7 Å². The maximum absolute atomic E-state index is 13.8. The van der Waals surface area contributed by atoms with Gasteiger partial charge in [-0.15, -0.1) is 0 Å². The minimum Gasteiger partial charge on any atom is -0.496 e. The fourth-order valence-electron chi connectivity index (χ4n) is 5.11. The smallest absolute Gasteiger partial charge is 0.330 e. The third-order valence-electron chi connectivity index (χ3n) is 7.88. The summed E-state index contributed by atoms with van der Waals surface area (Å²) in [6, 6.07) is 12.1. The Balaban J connectivity index is 1.85. The van der Waals surface area contributed by atoms with Gasteiger partial charge in [-0.1, -0.05) is 37.8 Å². The Kier molecular flexibility index (Phi) is 12.5. The molecule has 2 atom stereocenters. The summed E-state index contributed by atoms with van der Waals surface area (Å²) in [6.45, 7) is 10.0. The molecule has 10 heteroatoms. The van der Waals surface area contributed by atoms with Crippen LogP contribution in [0.25, 0.3) is 0 Å². The van der Waals surface area contributed by atoms with Crippen molar-refractivity contribution in [1.29, 1.82) is 0 Å². The maximum atomic E-state index is 13.8. The van der Waals surface area contributed by atoms with E-state index in [0.717, 1.165) is 23.0 Å². The van der Waals surface area contributed by atoms with Gasteiger partial charge < -0.3 is 24.4 Å². The van der Waals surface area contributed by atoms with E-state index >= 15 is 0 Å². The number of ether oxygens (including phenoxy) is 3. The van der Waals surface area contributed by atoms with Gasteiger partial charge in [0.05, 0.1) is 12.5 Å². The van der Waals surface area contributed by atoms with E-state index in [4.69, 9.17) is 14.2 Å². The van der Waals surface area contributed by atoms with Crippen LogP contribution in [-0.2, 0) is 39.9 Å². The molecule has 2 amide bonds. The number of ketones is 1. The summed E-state index contributed by atoms with van der Waals surface area (Å²) in [5.41, 5.74) is 1.96. The first-order valence-corrected chi connectivity index (χ1v) is 15.3. The monoisotopic (exact) mass is 620 g/mol. The third-order valence-corrected chi connectivity index (χ3v) is 7.88. The van der Waals surface area contributed by atoms with Crippen molar-refractivity contribution in [3.63, 3.8) is 0 Å². The zero-order valence-electron chi connectivity index (χ0n) is 26.9. The molecule has 1 aliphatic heterocycles. The summed E-state index contributed by atoms with van der Waals surface area (Å²) in [5.74, 6) is -2.27. The second-order valence-corrected chi connectivity index (χ2v) is 11.8. The Morgan fingerprint density at radius 1 is 1.11 bits per heavy atom. The molecule has 2 aromatic rings. The lowest BCUT2D eigenvalue weighted by molar-refractivity contribution is -0.165.